The quantitative estimate of drug-likeness (QED) is 0.742. The van der Waals surface area contributed by atoms with Gasteiger partial charge < -0.3 is 10.2 Å². The molecule has 0 amide bonds. The molecule has 0 aliphatic rings. The van der Waals surface area contributed by atoms with E-state index in [1.54, 1.807) is 4.68 Å². The van der Waals surface area contributed by atoms with Crippen molar-refractivity contribution in [3.05, 3.63) is 66.9 Å². The fourth-order valence-electron chi connectivity index (χ4n) is 2.32. The lowest BCUT2D eigenvalue weighted by molar-refractivity contribution is 0.921. The smallest absolute Gasteiger partial charge is 0.198 e. The molecule has 0 atom stereocenters. The van der Waals surface area contributed by atoms with Crippen molar-refractivity contribution in [2.24, 2.45) is 0 Å². The van der Waals surface area contributed by atoms with Gasteiger partial charge in [0.15, 0.2) is 10.9 Å². The molecule has 0 radical (unpaired) electrons. The standard InChI is InChI=1S/C18H18N4S/c1-21(2)17-16(14-9-5-3-6-10-14)13-22(20-17)18(23)19-15-11-7-4-8-12-15/h3-13H,1-2H3,(H,19,23). The maximum absolute atomic E-state index is 5.48. The first-order valence-corrected chi connectivity index (χ1v) is 7.75. The van der Waals surface area contributed by atoms with Crippen LogP contribution >= 0.6 is 12.2 Å². The lowest BCUT2D eigenvalue weighted by Gasteiger charge is -2.11. The van der Waals surface area contributed by atoms with Crippen LogP contribution in [-0.2, 0) is 0 Å². The summed E-state index contributed by atoms with van der Waals surface area (Å²) in [4.78, 5) is 1.99. The highest BCUT2D eigenvalue weighted by Crippen LogP contribution is 2.28. The minimum atomic E-state index is 0.543. The van der Waals surface area contributed by atoms with E-state index in [4.69, 9.17) is 12.2 Å². The number of benzene rings is 2. The monoisotopic (exact) mass is 322 g/mol. The van der Waals surface area contributed by atoms with Gasteiger partial charge in [0.05, 0.1) is 0 Å². The fraction of sp³-hybridized carbons (Fsp3) is 0.111. The number of nitrogens with one attached hydrogen (secondary N) is 1. The number of para-hydroxylation sites is 1. The number of anilines is 2. The molecule has 2 aromatic carbocycles. The molecule has 0 spiro atoms. The second kappa shape index (κ2) is 6.62. The number of rotatable bonds is 3. The Labute approximate surface area is 141 Å². The Morgan fingerprint density at radius 2 is 1.61 bits per heavy atom. The third kappa shape index (κ3) is 3.40. The average Bonchev–Trinajstić information content (AvgIpc) is 3.02. The van der Waals surface area contributed by atoms with Gasteiger partial charge in [-0.25, -0.2) is 4.68 Å². The van der Waals surface area contributed by atoms with Gasteiger partial charge in [-0.2, -0.15) is 0 Å². The normalized spacial score (nSPS) is 10.3. The fourth-order valence-corrected chi connectivity index (χ4v) is 2.53. The van der Waals surface area contributed by atoms with Crippen LogP contribution in [0.3, 0.4) is 0 Å². The highest BCUT2D eigenvalue weighted by atomic mass is 32.1. The summed E-state index contributed by atoms with van der Waals surface area (Å²) < 4.78 is 1.71. The molecular weight excluding hydrogens is 304 g/mol. The van der Waals surface area contributed by atoms with Crippen LogP contribution in [0.25, 0.3) is 11.1 Å². The third-order valence-electron chi connectivity index (χ3n) is 3.44. The van der Waals surface area contributed by atoms with E-state index in [2.05, 4.69) is 22.5 Å². The summed E-state index contributed by atoms with van der Waals surface area (Å²) in [6.07, 6.45) is 1.96. The van der Waals surface area contributed by atoms with Crippen LogP contribution in [0.2, 0.25) is 0 Å². The van der Waals surface area contributed by atoms with Gasteiger partial charge in [-0.3, -0.25) is 0 Å². The number of hydrogen-bond donors (Lipinski definition) is 1. The first-order valence-electron chi connectivity index (χ1n) is 7.34. The van der Waals surface area contributed by atoms with Crippen LogP contribution in [0.5, 0.6) is 0 Å². The molecule has 0 fully saturated rings. The second-order valence-corrected chi connectivity index (χ2v) is 5.75. The van der Waals surface area contributed by atoms with Gasteiger partial charge in [0.1, 0.15) is 0 Å². The maximum Gasteiger partial charge on any atom is 0.198 e. The highest BCUT2D eigenvalue weighted by molar-refractivity contribution is 7.80. The molecule has 3 rings (SSSR count). The molecule has 4 nitrogen and oxygen atoms in total. The first-order chi connectivity index (χ1) is 11.1. The van der Waals surface area contributed by atoms with Gasteiger partial charge in [0.25, 0.3) is 0 Å². The summed E-state index contributed by atoms with van der Waals surface area (Å²) in [5, 5.41) is 8.37. The van der Waals surface area contributed by atoms with Crippen molar-refractivity contribution in [3.8, 4) is 11.1 Å². The van der Waals surface area contributed by atoms with Gasteiger partial charge in [-0.15, -0.1) is 5.10 Å². The Kier molecular flexibility index (Phi) is 4.39. The summed E-state index contributed by atoms with van der Waals surface area (Å²) in [6.45, 7) is 0. The van der Waals surface area contributed by atoms with Crippen molar-refractivity contribution in [3.63, 3.8) is 0 Å². The molecule has 0 saturated heterocycles. The topological polar surface area (TPSA) is 33.1 Å². The predicted molar refractivity (Wildman–Crippen MR) is 100 cm³/mol. The molecule has 3 aromatic rings. The van der Waals surface area contributed by atoms with Crippen molar-refractivity contribution < 1.29 is 0 Å². The molecule has 116 valence electrons. The summed E-state index contributed by atoms with van der Waals surface area (Å²) in [5.74, 6) is 0.883. The lowest BCUT2D eigenvalue weighted by Crippen LogP contribution is -2.20. The van der Waals surface area contributed by atoms with E-state index in [1.165, 1.54) is 0 Å². The van der Waals surface area contributed by atoms with E-state index >= 15 is 0 Å². The van der Waals surface area contributed by atoms with Crippen LogP contribution < -0.4 is 10.2 Å². The van der Waals surface area contributed by atoms with Gasteiger partial charge in [0.2, 0.25) is 0 Å². The van der Waals surface area contributed by atoms with Crippen molar-refractivity contribution in [2.75, 3.05) is 24.3 Å². The Balaban J connectivity index is 1.93. The summed E-state index contributed by atoms with van der Waals surface area (Å²) >= 11 is 5.48. The lowest BCUT2D eigenvalue weighted by atomic mass is 10.1. The van der Waals surface area contributed by atoms with E-state index in [0.717, 1.165) is 22.6 Å². The van der Waals surface area contributed by atoms with E-state index < -0.39 is 0 Å². The molecule has 0 unspecified atom stereocenters. The second-order valence-electron chi connectivity index (χ2n) is 5.37. The molecule has 23 heavy (non-hydrogen) atoms. The van der Waals surface area contributed by atoms with Crippen LogP contribution in [0.4, 0.5) is 11.5 Å². The van der Waals surface area contributed by atoms with Crippen molar-refractivity contribution in [2.45, 2.75) is 0 Å². The zero-order chi connectivity index (χ0) is 16.2. The first kappa shape index (κ1) is 15.2. The average molecular weight is 322 g/mol. The van der Waals surface area contributed by atoms with Crippen LogP contribution in [0.15, 0.2) is 66.9 Å². The Hall–Kier alpha value is -2.66. The van der Waals surface area contributed by atoms with Crippen molar-refractivity contribution >= 4 is 28.8 Å². The Morgan fingerprint density at radius 1 is 1.00 bits per heavy atom. The summed E-state index contributed by atoms with van der Waals surface area (Å²) in [7, 11) is 3.96. The molecule has 0 bridgehead atoms. The number of thiocarbonyl (C=S) groups is 1. The number of aromatic nitrogens is 2. The van der Waals surface area contributed by atoms with Gasteiger partial charge in [0, 0.05) is 31.5 Å². The molecule has 1 aromatic heterocycles. The number of nitrogens with zero attached hydrogens (tertiary/aromatic N) is 3. The Morgan fingerprint density at radius 3 is 2.22 bits per heavy atom. The van der Waals surface area contributed by atoms with Crippen LogP contribution in [0, 0.1) is 0 Å². The Bertz CT molecular complexity index is 794. The number of hydrogen-bond acceptors (Lipinski definition) is 3. The zero-order valence-corrected chi connectivity index (χ0v) is 13.9. The van der Waals surface area contributed by atoms with Gasteiger partial charge in [-0.05, 0) is 29.9 Å². The maximum atomic E-state index is 5.48. The van der Waals surface area contributed by atoms with E-state index in [1.807, 2.05) is 73.7 Å². The van der Waals surface area contributed by atoms with E-state index in [9.17, 15) is 0 Å². The van der Waals surface area contributed by atoms with Crippen molar-refractivity contribution in [1.82, 2.24) is 9.78 Å². The molecule has 1 N–H and O–H groups in total. The summed E-state index contributed by atoms with van der Waals surface area (Å²) in [6, 6.07) is 20.0. The highest BCUT2D eigenvalue weighted by Gasteiger charge is 2.14. The van der Waals surface area contributed by atoms with Crippen LogP contribution in [-0.4, -0.2) is 29.0 Å². The van der Waals surface area contributed by atoms with Gasteiger partial charge in [-0.1, -0.05) is 48.5 Å². The molecular formula is C18H18N4S. The molecule has 1 heterocycles. The van der Waals surface area contributed by atoms with E-state index in [0.29, 0.717) is 5.11 Å². The largest absolute Gasteiger partial charge is 0.361 e. The molecule has 5 heteroatoms. The molecule has 0 saturated carbocycles. The minimum Gasteiger partial charge on any atom is -0.361 e. The minimum absolute atomic E-state index is 0.543. The van der Waals surface area contributed by atoms with E-state index in [-0.39, 0.29) is 0 Å². The van der Waals surface area contributed by atoms with Crippen LogP contribution in [0.1, 0.15) is 0 Å². The zero-order valence-electron chi connectivity index (χ0n) is 13.1. The van der Waals surface area contributed by atoms with Crippen molar-refractivity contribution in [1.29, 1.82) is 0 Å². The SMILES string of the molecule is CN(C)c1nn(C(=S)Nc2ccccc2)cc1-c1ccccc1. The molecule has 0 aliphatic heterocycles. The third-order valence-corrected chi connectivity index (χ3v) is 3.73. The van der Waals surface area contributed by atoms with Gasteiger partial charge >= 0.3 is 0 Å². The summed E-state index contributed by atoms with van der Waals surface area (Å²) in [5.41, 5.74) is 3.11. The predicted octanol–water partition coefficient (Wildman–Crippen LogP) is 3.86. The molecule has 0 aliphatic carbocycles.